The monoisotopic (exact) mass is 202 g/mol. The second kappa shape index (κ2) is 4.84. The minimum absolute atomic E-state index is 0.0278. The number of sulfonamides is 1. The number of hydrogen-bond acceptors (Lipinski definition) is 3. The van der Waals surface area contributed by atoms with Crippen molar-refractivity contribution in [3.63, 3.8) is 0 Å². The SMILES string of the molecule is CC.Nc1ccccc1S(N)(=O)=O. The van der Waals surface area contributed by atoms with Crippen LogP contribution in [-0.2, 0) is 10.0 Å². The fourth-order valence-corrected chi connectivity index (χ4v) is 1.40. The Hall–Kier alpha value is -1.07. The molecule has 5 heteroatoms. The zero-order chi connectivity index (χ0) is 10.5. The third kappa shape index (κ3) is 3.43. The fourth-order valence-electron chi connectivity index (χ4n) is 0.740. The van der Waals surface area contributed by atoms with Crippen LogP contribution in [0.2, 0.25) is 0 Å². The number of hydrogen-bond donors (Lipinski definition) is 2. The van der Waals surface area contributed by atoms with E-state index in [1.807, 2.05) is 13.8 Å². The lowest BCUT2D eigenvalue weighted by atomic mass is 10.3. The molecule has 0 aliphatic carbocycles. The summed E-state index contributed by atoms with van der Waals surface area (Å²) in [6, 6.07) is 6.06. The molecule has 0 spiro atoms. The van der Waals surface area contributed by atoms with E-state index < -0.39 is 10.0 Å². The molecule has 0 aromatic heterocycles. The second-order valence-corrected chi connectivity index (χ2v) is 3.61. The van der Waals surface area contributed by atoms with E-state index >= 15 is 0 Å². The number of anilines is 1. The predicted octanol–water partition coefficient (Wildman–Crippen LogP) is 0.942. The Bertz CT molecular complexity index is 360. The van der Waals surface area contributed by atoms with Crippen molar-refractivity contribution in [3.8, 4) is 0 Å². The van der Waals surface area contributed by atoms with Crippen molar-refractivity contribution < 1.29 is 8.42 Å². The Morgan fingerprint density at radius 1 is 1.15 bits per heavy atom. The zero-order valence-electron chi connectivity index (χ0n) is 7.69. The molecule has 1 rings (SSSR count). The van der Waals surface area contributed by atoms with Crippen LogP contribution in [-0.4, -0.2) is 8.42 Å². The van der Waals surface area contributed by atoms with Crippen molar-refractivity contribution in [2.75, 3.05) is 5.73 Å². The molecule has 0 aliphatic heterocycles. The Morgan fingerprint density at radius 3 is 1.92 bits per heavy atom. The van der Waals surface area contributed by atoms with Gasteiger partial charge in [0.2, 0.25) is 10.0 Å². The number of rotatable bonds is 1. The molecule has 74 valence electrons. The van der Waals surface area contributed by atoms with Crippen LogP contribution in [0.15, 0.2) is 29.2 Å². The summed E-state index contributed by atoms with van der Waals surface area (Å²) in [5.74, 6) is 0. The van der Waals surface area contributed by atoms with Gasteiger partial charge in [-0.15, -0.1) is 0 Å². The second-order valence-electron chi connectivity index (χ2n) is 2.08. The first-order valence-electron chi connectivity index (χ1n) is 3.89. The molecule has 0 atom stereocenters. The van der Waals surface area contributed by atoms with Crippen molar-refractivity contribution in [1.82, 2.24) is 0 Å². The molecule has 4 N–H and O–H groups in total. The summed E-state index contributed by atoms with van der Waals surface area (Å²) in [4.78, 5) is -0.0278. The Balaban J connectivity index is 0.000000671. The van der Waals surface area contributed by atoms with E-state index in [2.05, 4.69) is 0 Å². The molecule has 0 bridgehead atoms. The van der Waals surface area contributed by atoms with E-state index in [0.29, 0.717) is 0 Å². The topological polar surface area (TPSA) is 86.2 Å². The molecule has 1 aromatic carbocycles. The van der Waals surface area contributed by atoms with Crippen LogP contribution in [0.1, 0.15) is 13.8 Å². The lowest BCUT2D eigenvalue weighted by Gasteiger charge is -2.00. The largest absolute Gasteiger partial charge is 0.398 e. The van der Waals surface area contributed by atoms with Gasteiger partial charge in [-0.05, 0) is 12.1 Å². The van der Waals surface area contributed by atoms with Crippen LogP contribution in [0.4, 0.5) is 5.69 Å². The lowest BCUT2D eigenvalue weighted by Crippen LogP contribution is -2.13. The summed E-state index contributed by atoms with van der Waals surface area (Å²) in [5, 5.41) is 4.85. The molecule has 0 radical (unpaired) electrons. The summed E-state index contributed by atoms with van der Waals surface area (Å²) >= 11 is 0. The number of nitrogens with two attached hydrogens (primary N) is 2. The van der Waals surface area contributed by atoms with E-state index in [4.69, 9.17) is 10.9 Å². The van der Waals surface area contributed by atoms with Crippen molar-refractivity contribution in [2.24, 2.45) is 5.14 Å². The number of para-hydroxylation sites is 1. The Morgan fingerprint density at radius 2 is 1.62 bits per heavy atom. The quantitative estimate of drug-likeness (QED) is 0.664. The standard InChI is InChI=1S/C6H8N2O2S.C2H6/c7-5-3-1-2-4-6(5)11(8,9)10;1-2/h1-4H,7H2,(H2,8,9,10);1-2H3. The molecule has 4 nitrogen and oxygen atoms in total. The van der Waals surface area contributed by atoms with Crippen molar-refractivity contribution in [2.45, 2.75) is 18.7 Å². The van der Waals surface area contributed by atoms with Crippen molar-refractivity contribution in [1.29, 1.82) is 0 Å². The highest BCUT2D eigenvalue weighted by Gasteiger charge is 2.09. The molecule has 0 saturated carbocycles. The van der Waals surface area contributed by atoms with E-state index in [1.54, 1.807) is 12.1 Å². The normalized spacial score (nSPS) is 10.1. The van der Waals surface area contributed by atoms with Gasteiger partial charge >= 0.3 is 0 Å². The van der Waals surface area contributed by atoms with Crippen LogP contribution < -0.4 is 10.9 Å². The van der Waals surface area contributed by atoms with Gasteiger partial charge in [0.15, 0.2) is 0 Å². The fraction of sp³-hybridized carbons (Fsp3) is 0.250. The summed E-state index contributed by atoms with van der Waals surface area (Å²) in [6.45, 7) is 4.00. The first-order chi connectivity index (χ1) is 6.02. The maximum Gasteiger partial charge on any atom is 0.240 e. The summed E-state index contributed by atoms with van der Waals surface area (Å²) < 4.78 is 21.5. The summed E-state index contributed by atoms with van der Waals surface area (Å²) in [7, 11) is -3.66. The molecule has 13 heavy (non-hydrogen) atoms. The molecule has 0 heterocycles. The van der Waals surface area contributed by atoms with Gasteiger partial charge in [0, 0.05) is 0 Å². The van der Waals surface area contributed by atoms with E-state index in [0.717, 1.165) is 0 Å². The van der Waals surface area contributed by atoms with Crippen LogP contribution in [0.5, 0.6) is 0 Å². The zero-order valence-corrected chi connectivity index (χ0v) is 8.51. The highest BCUT2D eigenvalue weighted by Crippen LogP contribution is 2.14. The average molecular weight is 202 g/mol. The van der Waals surface area contributed by atoms with Gasteiger partial charge in [0.05, 0.1) is 5.69 Å². The van der Waals surface area contributed by atoms with Crippen LogP contribution in [0, 0.1) is 0 Å². The highest BCUT2D eigenvalue weighted by atomic mass is 32.2. The van der Waals surface area contributed by atoms with Gasteiger partial charge in [-0.1, -0.05) is 26.0 Å². The first-order valence-corrected chi connectivity index (χ1v) is 5.44. The van der Waals surface area contributed by atoms with Gasteiger partial charge < -0.3 is 5.73 Å². The molecule has 0 fully saturated rings. The van der Waals surface area contributed by atoms with Crippen LogP contribution in [0.3, 0.4) is 0 Å². The molecule has 0 unspecified atom stereocenters. The van der Waals surface area contributed by atoms with E-state index in [9.17, 15) is 8.42 Å². The first kappa shape index (κ1) is 11.9. The van der Waals surface area contributed by atoms with Gasteiger partial charge in [-0.25, -0.2) is 13.6 Å². The van der Waals surface area contributed by atoms with E-state index in [1.165, 1.54) is 12.1 Å². The summed E-state index contributed by atoms with van der Waals surface area (Å²) in [5.41, 5.74) is 5.52. The molecule has 1 aromatic rings. The maximum absolute atomic E-state index is 10.8. The van der Waals surface area contributed by atoms with Gasteiger partial charge in [0.25, 0.3) is 0 Å². The minimum Gasteiger partial charge on any atom is -0.398 e. The van der Waals surface area contributed by atoms with Crippen molar-refractivity contribution in [3.05, 3.63) is 24.3 Å². The summed E-state index contributed by atoms with van der Waals surface area (Å²) in [6.07, 6.45) is 0. The highest BCUT2D eigenvalue weighted by molar-refractivity contribution is 7.89. The maximum atomic E-state index is 10.8. The molecule has 0 amide bonds. The molecule has 0 aliphatic rings. The van der Waals surface area contributed by atoms with Crippen LogP contribution >= 0.6 is 0 Å². The van der Waals surface area contributed by atoms with Gasteiger partial charge in [-0.2, -0.15) is 0 Å². The third-order valence-corrected chi connectivity index (χ3v) is 2.21. The predicted molar refractivity (Wildman–Crippen MR) is 53.6 cm³/mol. The number of nitrogen functional groups attached to an aromatic ring is 1. The van der Waals surface area contributed by atoms with Gasteiger partial charge in [0.1, 0.15) is 4.90 Å². The van der Waals surface area contributed by atoms with Crippen LogP contribution in [0.25, 0.3) is 0 Å². The third-order valence-electron chi connectivity index (χ3n) is 1.23. The minimum atomic E-state index is -3.66. The smallest absolute Gasteiger partial charge is 0.240 e. The average Bonchev–Trinajstić information content (AvgIpc) is 2.07. The Labute approximate surface area is 78.6 Å². The van der Waals surface area contributed by atoms with Gasteiger partial charge in [-0.3, -0.25) is 0 Å². The number of benzene rings is 1. The van der Waals surface area contributed by atoms with E-state index in [-0.39, 0.29) is 10.6 Å². The number of primary sulfonamides is 1. The molecular weight excluding hydrogens is 188 g/mol. The molecule has 0 saturated heterocycles. The molecular formula is C8H14N2O2S. The lowest BCUT2D eigenvalue weighted by molar-refractivity contribution is 0.598. The van der Waals surface area contributed by atoms with Crippen molar-refractivity contribution >= 4 is 15.7 Å². The Kier molecular flexibility index (Phi) is 4.44.